The lowest BCUT2D eigenvalue weighted by Gasteiger charge is -2.11. The molecule has 0 spiro atoms. The summed E-state index contributed by atoms with van der Waals surface area (Å²) in [5.74, 6) is 0. The Morgan fingerprint density at radius 2 is 1.70 bits per heavy atom. The van der Waals surface area contributed by atoms with Gasteiger partial charge >= 0.3 is 0 Å². The van der Waals surface area contributed by atoms with Crippen molar-refractivity contribution < 1.29 is 13.3 Å². The molecule has 0 saturated carbocycles. The number of aromatic nitrogens is 1. The molecule has 0 unspecified atom stereocenters. The van der Waals surface area contributed by atoms with Crippen LogP contribution in [-0.2, 0) is 16.4 Å². The monoisotopic (exact) mass is 525 g/mol. The Kier molecular flexibility index (Phi) is 6.46. The molecule has 1 aromatic heterocycles. The molecule has 0 bridgehead atoms. The number of aromatic amines is 1. The number of nitrogens with zero attached hydrogens (tertiary/aromatic N) is 1. The van der Waals surface area contributed by atoms with Crippen molar-refractivity contribution in [1.82, 2.24) is 9.71 Å². The molecule has 1 heterocycles. The van der Waals surface area contributed by atoms with E-state index in [4.69, 9.17) is 0 Å². The van der Waals surface area contributed by atoms with Gasteiger partial charge in [-0.2, -0.15) is 0 Å². The van der Waals surface area contributed by atoms with Crippen LogP contribution in [0.4, 0.5) is 5.69 Å². The first kappa shape index (κ1) is 22.9. The first-order valence-electron chi connectivity index (χ1n) is 10.1. The van der Waals surface area contributed by atoms with Crippen LogP contribution in [-0.4, -0.2) is 24.9 Å². The number of hydrogen-bond donors (Lipinski definition) is 2. The second-order valence-corrected chi connectivity index (χ2v) is 9.94. The number of nitro benzene ring substituents is 1. The highest BCUT2D eigenvalue weighted by Crippen LogP contribution is 2.33. The van der Waals surface area contributed by atoms with Crippen LogP contribution in [0.1, 0.15) is 16.8 Å². The first-order valence-corrected chi connectivity index (χ1v) is 12.3. The van der Waals surface area contributed by atoms with Crippen LogP contribution < -0.4 is 4.72 Å². The third-order valence-corrected chi connectivity index (χ3v) is 7.53. The largest absolute Gasteiger partial charge is 0.354 e. The van der Waals surface area contributed by atoms with Crippen molar-refractivity contribution in [3.63, 3.8) is 0 Å². The Hall–Kier alpha value is -3.27. The van der Waals surface area contributed by atoms with E-state index in [1.165, 1.54) is 24.3 Å². The van der Waals surface area contributed by atoms with Crippen LogP contribution in [0, 0.1) is 10.1 Å². The summed E-state index contributed by atoms with van der Waals surface area (Å²) in [7, 11) is -4.07. The van der Waals surface area contributed by atoms with Crippen molar-refractivity contribution in [2.45, 2.75) is 11.3 Å². The highest BCUT2D eigenvalue weighted by Gasteiger charge is 2.25. The van der Waals surface area contributed by atoms with Crippen molar-refractivity contribution >= 4 is 48.1 Å². The van der Waals surface area contributed by atoms with Crippen molar-refractivity contribution in [3.8, 4) is 0 Å². The topological polar surface area (TPSA) is 105 Å². The van der Waals surface area contributed by atoms with Gasteiger partial charge in [0.2, 0.25) is 10.0 Å². The van der Waals surface area contributed by atoms with E-state index in [9.17, 15) is 18.5 Å². The maximum Gasteiger partial charge on any atom is 0.289 e. The predicted octanol–water partition coefficient (Wildman–Crippen LogP) is 5.42. The molecule has 0 aliphatic heterocycles. The molecule has 0 atom stereocenters. The van der Waals surface area contributed by atoms with Gasteiger partial charge in [-0.1, -0.05) is 71.0 Å². The van der Waals surface area contributed by atoms with Gasteiger partial charge < -0.3 is 4.98 Å². The van der Waals surface area contributed by atoms with Crippen LogP contribution in [0.25, 0.3) is 16.5 Å². The van der Waals surface area contributed by atoms with E-state index in [1.807, 2.05) is 48.5 Å². The average Bonchev–Trinajstić information content (AvgIpc) is 3.17. The first-order chi connectivity index (χ1) is 15.8. The molecule has 0 saturated heterocycles. The summed E-state index contributed by atoms with van der Waals surface area (Å²) in [6.07, 6.45) is 0.364. The number of fused-ring (bicyclic) bond motifs is 1. The van der Waals surface area contributed by atoms with Gasteiger partial charge in [-0.25, -0.2) is 13.1 Å². The maximum absolute atomic E-state index is 12.8. The number of sulfonamides is 1. The molecular formula is C24H20BrN3O4S. The highest BCUT2D eigenvalue weighted by molar-refractivity contribution is 9.10. The quantitative estimate of drug-likeness (QED) is 0.236. The maximum atomic E-state index is 12.8. The molecule has 4 aromatic rings. The molecule has 0 amide bonds. The summed E-state index contributed by atoms with van der Waals surface area (Å²) in [6.45, 7) is 4.33. The standard InChI is InChI=1S/C24H20BrN3O4S/c1-16(17-8-2-4-10-20(17)25)24-19(18-9-3-5-11-21(18)27-24)14-15-26-33(31,32)23-13-7-6-12-22(23)28(29)30/h2-13,26-27H,1,14-15H2. The molecule has 0 aliphatic carbocycles. The van der Waals surface area contributed by atoms with Gasteiger partial charge in [-0.05, 0) is 41.3 Å². The van der Waals surface area contributed by atoms with Gasteiger partial charge in [0.15, 0.2) is 4.90 Å². The fourth-order valence-corrected chi connectivity index (χ4v) is 5.51. The molecule has 3 aromatic carbocycles. The summed E-state index contributed by atoms with van der Waals surface area (Å²) < 4.78 is 29.0. The molecule has 9 heteroatoms. The number of rotatable bonds is 8. The molecule has 7 nitrogen and oxygen atoms in total. The zero-order chi connectivity index (χ0) is 23.6. The minimum Gasteiger partial charge on any atom is -0.354 e. The van der Waals surface area contributed by atoms with E-state index in [0.717, 1.165) is 37.8 Å². The van der Waals surface area contributed by atoms with Gasteiger partial charge in [0.25, 0.3) is 5.69 Å². The lowest BCUT2D eigenvalue weighted by molar-refractivity contribution is -0.387. The number of para-hydroxylation sites is 2. The summed E-state index contributed by atoms with van der Waals surface area (Å²) in [5, 5.41) is 12.2. The van der Waals surface area contributed by atoms with E-state index in [2.05, 4.69) is 32.2 Å². The third-order valence-electron chi connectivity index (χ3n) is 5.33. The van der Waals surface area contributed by atoms with Crippen LogP contribution in [0.5, 0.6) is 0 Å². The highest BCUT2D eigenvalue weighted by atomic mass is 79.9. The Morgan fingerprint density at radius 1 is 1.03 bits per heavy atom. The van der Waals surface area contributed by atoms with Gasteiger partial charge in [-0.15, -0.1) is 0 Å². The number of benzene rings is 3. The second-order valence-electron chi connectivity index (χ2n) is 7.36. The minimum absolute atomic E-state index is 0.0620. The summed E-state index contributed by atoms with van der Waals surface area (Å²) in [4.78, 5) is 13.6. The number of H-pyrrole nitrogens is 1. The SMILES string of the molecule is C=C(c1ccccc1Br)c1[nH]c2ccccc2c1CCNS(=O)(=O)c1ccccc1[N+](=O)[O-]. The number of halogens is 1. The zero-order valence-corrected chi connectivity index (χ0v) is 19.8. The number of nitrogens with one attached hydrogen (secondary N) is 2. The van der Waals surface area contributed by atoms with Crippen molar-refractivity contribution in [2.24, 2.45) is 0 Å². The summed E-state index contributed by atoms with van der Waals surface area (Å²) in [5.41, 5.74) is 3.88. The van der Waals surface area contributed by atoms with Gasteiger partial charge in [0.1, 0.15) is 0 Å². The molecule has 0 radical (unpaired) electrons. The van der Waals surface area contributed by atoms with E-state index < -0.39 is 20.6 Å². The normalized spacial score (nSPS) is 11.5. The van der Waals surface area contributed by atoms with Crippen LogP contribution in [0.2, 0.25) is 0 Å². The Morgan fingerprint density at radius 3 is 2.45 bits per heavy atom. The summed E-state index contributed by atoms with van der Waals surface area (Å²) >= 11 is 3.56. The molecule has 168 valence electrons. The van der Waals surface area contributed by atoms with Crippen LogP contribution in [0.15, 0.2) is 88.7 Å². The fraction of sp³-hybridized carbons (Fsp3) is 0.0833. The van der Waals surface area contributed by atoms with E-state index in [-0.39, 0.29) is 11.4 Å². The van der Waals surface area contributed by atoms with Crippen LogP contribution in [0.3, 0.4) is 0 Å². The second kappa shape index (κ2) is 9.30. The summed E-state index contributed by atoms with van der Waals surface area (Å²) in [6, 6.07) is 20.8. The van der Waals surface area contributed by atoms with Crippen molar-refractivity contribution in [1.29, 1.82) is 0 Å². The van der Waals surface area contributed by atoms with Gasteiger partial charge in [-0.3, -0.25) is 10.1 Å². The van der Waals surface area contributed by atoms with Crippen molar-refractivity contribution in [3.05, 3.63) is 111 Å². The number of nitro groups is 1. The lowest BCUT2D eigenvalue weighted by Crippen LogP contribution is -2.26. The minimum atomic E-state index is -4.07. The molecule has 33 heavy (non-hydrogen) atoms. The molecule has 0 fully saturated rings. The Balaban J connectivity index is 1.65. The molecular weight excluding hydrogens is 506 g/mol. The van der Waals surface area contributed by atoms with Gasteiger partial charge in [0.05, 0.1) is 4.92 Å². The lowest BCUT2D eigenvalue weighted by atomic mass is 9.98. The molecule has 0 aliphatic rings. The molecule has 4 rings (SSSR count). The predicted molar refractivity (Wildman–Crippen MR) is 133 cm³/mol. The van der Waals surface area contributed by atoms with E-state index in [0.29, 0.717) is 6.42 Å². The van der Waals surface area contributed by atoms with Gasteiger partial charge in [0, 0.05) is 33.7 Å². The van der Waals surface area contributed by atoms with E-state index >= 15 is 0 Å². The van der Waals surface area contributed by atoms with E-state index in [1.54, 1.807) is 0 Å². The average molecular weight is 526 g/mol. The smallest absolute Gasteiger partial charge is 0.289 e. The number of hydrogen-bond acceptors (Lipinski definition) is 4. The Bertz CT molecular complexity index is 1480. The third kappa shape index (κ3) is 4.61. The van der Waals surface area contributed by atoms with Crippen LogP contribution >= 0.6 is 15.9 Å². The zero-order valence-electron chi connectivity index (χ0n) is 17.4. The Labute approximate surface area is 199 Å². The molecule has 2 N–H and O–H groups in total. The fourth-order valence-electron chi connectivity index (χ4n) is 3.78. The van der Waals surface area contributed by atoms with Crippen molar-refractivity contribution in [2.75, 3.05) is 6.54 Å².